The van der Waals surface area contributed by atoms with Crippen molar-refractivity contribution in [3.63, 3.8) is 0 Å². The first-order valence-electron chi connectivity index (χ1n) is 13.0. The number of halogens is 1. The van der Waals surface area contributed by atoms with Crippen molar-refractivity contribution in [3.8, 4) is 11.5 Å². The second-order valence-corrected chi connectivity index (χ2v) is 11.1. The fourth-order valence-corrected chi connectivity index (χ4v) is 5.20. The van der Waals surface area contributed by atoms with Crippen LogP contribution in [0.2, 0.25) is 0 Å². The Bertz CT molecular complexity index is 1680. The van der Waals surface area contributed by atoms with E-state index in [9.17, 15) is 22.4 Å². The summed E-state index contributed by atoms with van der Waals surface area (Å²) >= 11 is 0. The summed E-state index contributed by atoms with van der Waals surface area (Å²) in [5.74, 6) is -0.465. The molecule has 0 saturated carbocycles. The molecule has 4 rings (SSSR count). The number of benzene rings is 4. The van der Waals surface area contributed by atoms with E-state index in [4.69, 9.17) is 9.47 Å². The number of amides is 2. The summed E-state index contributed by atoms with van der Waals surface area (Å²) in [6.07, 6.45) is 1.37. The van der Waals surface area contributed by atoms with Gasteiger partial charge in [-0.2, -0.15) is 5.10 Å². The van der Waals surface area contributed by atoms with Crippen LogP contribution in [0.3, 0.4) is 0 Å². The van der Waals surface area contributed by atoms with Crippen molar-refractivity contribution < 1.29 is 31.9 Å². The molecule has 0 atom stereocenters. The highest BCUT2D eigenvalue weighted by Gasteiger charge is 2.27. The second kappa shape index (κ2) is 14.1. The van der Waals surface area contributed by atoms with Crippen LogP contribution in [-0.4, -0.2) is 46.7 Å². The van der Waals surface area contributed by atoms with E-state index in [1.807, 2.05) is 6.92 Å². The average Bonchev–Trinajstić information content (AvgIpc) is 3.00. The van der Waals surface area contributed by atoms with Gasteiger partial charge in [-0.25, -0.2) is 18.2 Å². The summed E-state index contributed by atoms with van der Waals surface area (Å²) in [5.41, 5.74) is 4.53. The van der Waals surface area contributed by atoms with Crippen molar-refractivity contribution >= 4 is 39.4 Å². The maximum Gasteiger partial charge on any atom is 0.264 e. The molecule has 0 aliphatic heterocycles. The lowest BCUT2D eigenvalue weighted by Gasteiger charge is -2.23. The Morgan fingerprint density at radius 1 is 0.860 bits per heavy atom. The quantitative estimate of drug-likeness (QED) is 0.181. The Balaban J connectivity index is 1.33. The number of nitrogens with one attached hydrogen (secondary N) is 2. The SMILES string of the molecule is COc1ccc(NC(=O)COc2ccc(/C=N\NC(=O)CN(c3ccc(F)cc3)S(=O)(=O)c3ccc(C)cc3)cc2)cc1. The highest BCUT2D eigenvalue weighted by atomic mass is 32.2. The molecule has 10 nitrogen and oxygen atoms in total. The minimum absolute atomic E-state index is 0.0146. The first-order chi connectivity index (χ1) is 20.6. The number of hydrazone groups is 1. The minimum Gasteiger partial charge on any atom is -0.497 e. The van der Waals surface area contributed by atoms with Crippen molar-refractivity contribution in [2.24, 2.45) is 5.10 Å². The maximum atomic E-state index is 13.5. The third-order valence-corrected chi connectivity index (χ3v) is 7.83. The number of carbonyl (C=O) groups is 2. The fraction of sp³-hybridized carbons (Fsp3) is 0.129. The van der Waals surface area contributed by atoms with Crippen LogP contribution in [0.1, 0.15) is 11.1 Å². The van der Waals surface area contributed by atoms with Gasteiger partial charge in [-0.15, -0.1) is 0 Å². The number of ether oxygens (including phenoxy) is 2. The molecule has 0 heterocycles. The first kappa shape index (κ1) is 30.7. The molecule has 0 fully saturated rings. The summed E-state index contributed by atoms with van der Waals surface area (Å²) in [7, 11) is -2.58. The van der Waals surface area contributed by atoms with Gasteiger partial charge in [0.25, 0.3) is 21.8 Å². The molecular formula is C31H29FN4O6S. The molecular weight excluding hydrogens is 575 g/mol. The summed E-state index contributed by atoms with van der Waals surface area (Å²) in [4.78, 5) is 24.9. The zero-order valence-corrected chi connectivity index (χ0v) is 24.2. The zero-order valence-electron chi connectivity index (χ0n) is 23.4. The fourth-order valence-electron chi connectivity index (χ4n) is 3.77. The Labute approximate surface area is 248 Å². The molecule has 0 unspecified atom stereocenters. The van der Waals surface area contributed by atoms with Crippen LogP contribution < -0.4 is 24.5 Å². The van der Waals surface area contributed by atoms with Crippen LogP contribution in [0.15, 0.2) is 107 Å². The molecule has 2 N–H and O–H groups in total. The van der Waals surface area contributed by atoms with Crippen LogP contribution in [0.25, 0.3) is 0 Å². The third-order valence-electron chi connectivity index (χ3n) is 6.04. The highest BCUT2D eigenvalue weighted by molar-refractivity contribution is 7.92. The second-order valence-electron chi connectivity index (χ2n) is 9.23. The van der Waals surface area contributed by atoms with Gasteiger partial charge < -0.3 is 14.8 Å². The van der Waals surface area contributed by atoms with E-state index in [1.54, 1.807) is 67.8 Å². The van der Waals surface area contributed by atoms with Crippen molar-refractivity contribution in [2.45, 2.75) is 11.8 Å². The predicted molar refractivity (Wildman–Crippen MR) is 161 cm³/mol. The number of hydrogen-bond acceptors (Lipinski definition) is 7. The number of methoxy groups -OCH3 is 1. The monoisotopic (exact) mass is 604 g/mol. The maximum absolute atomic E-state index is 13.5. The van der Waals surface area contributed by atoms with Gasteiger partial charge >= 0.3 is 0 Å². The number of rotatable bonds is 12. The topological polar surface area (TPSA) is 126 Å². The molecule has 4 aromatic rings. The molecule has 4 aromatic carbocycles. The lowest BCUT2D eigenvalue weighted by atomic mass is 10.2. The van der Waals surface area contributed by atoms with Gasteiger partial charge in [-0.1, -0.05) is 17.7 Å². The van der Waals surface area contributed by atoms with E-state index in [1.165, 1.54) is 30.5 Å². The molecule has 0 bridgehead atoms. The van der Waals surface area contributed by atoms with E-state index in [0.717, 1.165) is 22.0 Å². The summed E-state index contributed by atoms with van der Waals surface area (Å²) < 4.78 is 51.8. The molecule has 222 valence electrons. The standard InChI is InChI=1S/C31H29FN4O6S/c1-22-3-17-29(18-4-22)43(39,40)36(26-11-7-24(32)8-12-26)20-30(37)35-33-19-23-5-13-28(14-6-23)42-21-31(38)34-25-9-15-27(41-2)16-10-25/h3-19H,20-21H2,1-2H3,(H,34,38)(H,35,37)/b33-19-. The first-order valence-corrected chi connectivity index (χ1v) is 14.4. The predicted octanol–water partition coefficient (Wildman–Crippen LogP) is 4.51. The number of aryl methyl sites for hydroxylation is 1. The normalized spacial score (nSPS) is 11.1. The molecule has 2 amide bonds. The van der Waals surface area contributed by atoms with Gasteiger partial charge in [-0.3, -0.25) is 13.9 Å². The van der Waals surface area contributed by atoms with E-state index >= 15 is 0 Å². The van der Waals surface area contributed by atoms with Gasteiger partial charge in [0, 0.05) is 5.69 Å². The number of sulfonamides is 1. The van der Waals surface area contributed by atoms with Crippen LogP contribution in [0.4, 0.5) is 15.8 Å². The largest absolute Gasteiger partial charge is 0.497 e. The van der Waals surface area contributed by atoms with E-state index in [0.29, 0.717) is 22.7 Å². The molecule has 0 aliphatic rings. The summed E-state index contributed by atoms with van der Waals surface area (Å²) in [5, 5.41) is 6.63. The average molecular weight is 605 g/mol. The highest BCUT2D eigenvalue weighted by Crippen LogP contribution is 2.24. The smallest absolute Gasteiger partial charge is 0.264 e. The Hall–Kier alpha value is -5.23. The van der Waals surface area contributed by atoms with Crippen molar-refractivity contribution in [3.05, 3.63) is 114 Å². The van der Waals surface area contributed by atoms with E-state index < -0.39 is 28.3 Å². The van der Waals surface area contributed by atoms with Crippen molar-refractivity contribution in [1.29, 1.82) is 0 Å². The van der Waals surface area contributed by atoms with E-state index in [2.05, 4.69) is 15.8 Å². The van der Waals surface area contributed by atoms with Gasteiger partial charge in [-0.05, 0) is 97.4 Å². The minimum atomic E-state index is -4.14. The Morgan fingerprint density at radius 3 is 2.12 bits per heavy atom. The molecule has 0 radical (unpaired) electrons. The van der Waals surface area contributed by atoms with E-state index in [-0.39, 0.29) is 23.1 Å². The summed E-state index contributed by atoms with van der Waals surface area (Å²) in [6, 6.07) is 24.5. The molecule has 0 aromatic heterocycles. The molecule has 0 spiro atoms. The van der Waals surface area contributed by atoms with Gasteiger partial charge in [0.05, 0.1) is 23.9 Å². The molecule has 0 saturated heterocycles. The Kier molecular flexibility index (Phi) is 10.1. The zero-order chi connectivity index (χ0) is 30.8. The van der Waals surface area contributed by atoms with Crippen LogP contribution in [0.5, 0.6) is 11.5 Å². The molecule has 12 heteroatoms. The van der Waals surface area contributed by atoms with Crippen LogP contribution in [0, 0.1) is 12.7 Å². The van der Waals surface area contributed by atoms with Crippen LogP contribution in [-0.2, 0) is 19.6 Å². The number of hydrogen-bond donors (Lipinski definition) is 2. The van der Waals surface area contributed by atoms with Crippen LogP contribution >= 0.6 is 0 Å². The van der Waals surface area contributed by atoms with Gasteiger partial charge in [0.1, 0.15) is 23.9 Å². The van der Waals surface area contributed by atoms with Gasteiger partial charge in [0.2, 0.25) is 0 Å². The van der Waals surface area contributed by atoms with Crippen molar-refractivity contribution in [2.75, 3.05) is 29.9 Å². The summed E-state index contributed by atoms with van der Waals surface area (Å²) in [6.45, 7) is 1.03. The Morgan fingerprint density at radius 2 is 1.49 bits per heavy atom. The lowest BCUT2D eigenvalue weighted by Crippen LogP contribution is -2.39. The van der Waals surface area contributed by atoms with Crippen molar-refractivity contribution in [1.82, 2.24) is 5.43 Å². The number of carbonyl (C=O) groups excluding carboxylic acids is 2. The van der Waals surface area contributed by atoms with Gasteiger partial charge in [0.15, 0.2) is 6.61 Å². The lowest BCUT2D eigenvalue weighted by molar-refractivity contribution is -0.119. The third kappa shape index (κ3) is 8.63. The number of nitrogens with zero attached hydrogens (tertiary/aromatic N) is 2. The number of anilines is 2. The molecule has 0 aliphatic carbocycles. The molecule has 43 heavy (non-hydrogen) atoms.